The topological polar surface area (TPSA) is 3.24 Å². The van der Waals surface area contributed by atoms with Crippen LogP contribution in [0.1, 0.15) is 17.5 Å². The smallest absolute Gasteiger partial charge is 0.0461 e. The van der Waals surface area contributed by atoms with Crippen molar-refractivity contribution in [3.63, 3.8) is 0 Å². The van der Waals surface area contributed by atoms with Crippen LogP contribution in [0.3, 0.4) is 0 Å². The van der Waals surface area contributed by atoms with Gasteiger partial charge in [-0.3, -0.25) is 0 Å². The van der Waals surface area contributed by atoms with Crippen molar-refractivity contribution < 1.29 is 0 Å². The predicted octanol–water partition coefficient (Wildman–Crippen LogP) is 13.8. The molecule has 1 aliphatic rings. The van der Waals surface area contributed by atoms with E-state index < -0.39 is 5.41 Å². The van der Waals surface area contributed by atoms with E-state index in [-0.39, 0.29) is 0 Å². The van der Waals surface area contributed by atoms with Crippen LogP contribution in [0.2, 0.25) is 0 Å². The van der Waals surface area contributed by atoms with Crippen LogP contribution in [0.4, 0.5) is 11.4 Å². The monoisotopic (exact) mass is 677 g/mol. The van der Waals surface area contributed by atoms with Gasteiger partial charge >= 0.3 is 0 Å². The Morgan fingerprint density at radius 1 is 0.415 bits per heavy atom. The summed E-state index contributed by atoms with van der Waals surface area (Å²) in [7, 11) is 0. The maximum atomic E-state index is 2.51. The summed E-state index contributed by atoms with van der Waals surface area (Å²) < 4.78 is 0. The van der Waals surface area contributed by atoms with Crippen LogP contribution < -0.4 is 4.90 Å². The highest BCUT2D eigenvalue weighted by Crippen LogP contribution is 2.53. The van der Waals surface area contributed by atoms with Crippen LogP contribution in [0.25, 0.3) is 44.2 Å². The fraction of sp³-hybridized carbons (Fsp3) is 0.0385. The molecule has 9 rings (SSSR count). The van der Waals surface area contributed by atoms with Gasteiger partial charge in [0.15, 0.2) is 0 Å². The van der Waals surface area contributed by atoms with Gasteiger partial charge in [0, 0.05) is 22.5 Å². The van der Waals surface area contributed by atoms with Gasteiger partial charge < -0.3 is 4.90 Å². The molecule has 252 valence electrons. The first-order valence-electron chi connectivity index (χ1n) is 18.4. The third kappa shape index (κ3) is 5.97. The fourth-order valence-corrected chi connectivity index (χ4v) is 8.22. The van der Waals surface area contributed by atoms with Crippen LogP contribution in [0.5, 0.6) is 0 Å². The molecule has 8 aromatic rings. The number of hydrogen-bond donors (Lipinski definition) is 0. The molecule has 0 fully saturated rings. The Balaban J connectivity index is 1.38. The lowest BCUT2D eigenvalue weighted by Crippen LogP contribution is -2.30. The lowest BCUT2D eigenvalue weighted by atomic mass is 9.64. The van der Waals surface area contributed by atoms with Crippen molar-refractivity contribution in [2.24, 2.45) is 0 Å². The first-order chi connectivity index (χ1) is 26.3. The van der Waals surface area contributed by atoms with Crippen LogP contribution in [0.15, 0.2) is 230 Å². The largest absolute Gasteiger partial charge is 0.311 e. The summed E-state index contributed by atoms with van der Waals surface area (Å²) in [4.78, 5) is 2.38. The lowest BCUT2D eigenvalue weighted by molar-refractivity contribution is 0.651. The molecule has 0 aliphatic heterocycles. The quantitative estimate of drug-likeness (QED) is 0.155. The summed E-state index contributed by atoms with van der Waals surface area (Å²) in [6.45, 7) is 0. The zero-order chi connectivity index (χ0) is 35.5. The molecule has 0 radical (unpaired) electrons. The molecule has 0 spiro atoms. The van der Waals surface area contributed by atoms with Crippen molar-refractivity contribution in [3.05, 3.63) is 241 Å². The van der Waals surface area contributed by atoms with E-state index in [4.69, 9.17) is 0 Å². The first kappa shape index (κ1) is 32.2. The zero-order valence-electron chi connectivity index (χ0n) is 29.5. The first-order valence-corrected chi connectivity index (χ1v) is 18.4. The molecule has 1 unspecified atom stereocenters. The number of allylic oxidation sites excluding steroid dienone is 3. The molecule has 0 bridgehead atoms. The molecule has 1 atom stereocenters. The Morgan fingerprint density at radius 2 is 0.906 bits per heavy atom. The van der Waals surface area contributed by atoms with E-state index in [0.717, 1.165) is 23.5 Å². The molecule has 53 heavy (non-hydrogen) atoms. The summed E-state index contributed by atoms with van der Waals surface area (Å²) in [6.07, 6.45) is 8.09. The fourth-order valence-electron chi connectivity index (χ4n) is 8.22. The van der Waals surface area contributed by atoms with Crippen LogP contribution >= 0.6 is 0 Å². The lowest BCUT2D eigenvalue weighted by Gasteiger charge is -2.40. The number of hydrogen-bond acceptors (Lipinski definition) is 1. The SMILES string of the molecule is C1=CC(c2c(-c3ccccc3)ccc(-c3ccccc3)c2-c2ccccc2)(c2cccc3ccccc23)CC=C1N(c1ccccc1)c1ccccc1. The standard InChI is InChI=1S/C52H39N/c1-6-19-40(20-7-1)47-33-34-48(41-21-8-2-9-22-41)51(50(47)42-24-10-3-11-25-42)52(49-32-18-26-39-23-16-17-31-46(39)49)37-35-45(36-38-52)53(43-27-12-4-13-28-43)44-29-14-5-15-30-44/h1-37H,38H2. The summed E-state index contributed by atoms with van der Waals surface area (Å²) in [5, 5.41) is 2.51. The Morgan fingerprint density at radius 3 is 1.49 bits per heavy atom. The van der Waals surface area contributed by atoms with Gasteiger partial charge in [0.05, 0.1) is 0 Å². The van der Waals surface area contributed by atoms with Gasteiger partial charge in [-0.15, -0.1) is 0 Å². The predicted molar refractivity (Wildman–Crippen MR) is 224 cm³/mol. The maximum Gasteiger partial charge on any atom is 0.0461 e. The minimum absolute atomic E-state index is 0.523. The summed E-state index contributed by atoms with van der Waals surface area (Å²) in [5.41, 5.74) is 12.8. The minimum atomic E-state index is -0.523. The zero-order valence-corrected chi connectivity index (χ0v) is 29.5. The average Bonchev–Trinajstić information content (AvgIpc) is 3.25. The van der Waals surface area contributed by atoms with Crippen molar-refractivity contribution in [3.8, 4) is 33.4 Å². The average molecular weight is 678 g/mol. The van der Waals surface area contributed by atoms with Crippen molar-refractivity contribution in [1.29, 1.82) is 0 Å². The number of para-hydroxylation sites is 2. The number of benzene rings is 8. The second kappa shape index (κ2) is 14.1. The van der Waals surface area contributed by atoms with E-state index in [2.05, 4.69) is 229 Å². The summed E-state index contributed by atoms with van der Waals surface area (Å²) in [5.74, 6) is 0. The summed E-state index contributed by atoms with van der Waals surface area (Å²) >= 11 is 0. The van der Waals surface area contributed by atoms with Crippen LogP contribution in [-0.2, 0) is 5.41 Å². The second-order valence-electron chi connectivity index (χ2n) is 13.7. The molecule has 0 heterocycles. The van der Waals surface area contributed by atoms with E-state index >= 15 is 0 Å². The van der Waals surface area contributed by atoms with Crippen LogP contribution in [0, 0.1) is 0 Å². The van der Waals surface area contributed by atoms with E-state index in [1.54, 1.807) is 0 Å². The van der Waals surface area contributed by atoms with Crippen molar-refractivity contribution in [1.82, 2.24) is 0 Å². The Hall–Kier alpha value is -6.70. The van der Waals surface area contributed by atoms with Gasteiger partial charge in [0.25, 0.3) is 0 Å². The second-order valence-corrected chi connectivity index (χ2v) is 13.7. The molecule has 0 aromatic heterocycles. The Bertz CT molecular complexity index is 2510. The van der Waals surface area contributed by atoms with E-state index in [1.807, 2.05) is 0 Å². The highest BCUT2D eigenvalue weighted by molar-refractivity contribution is 5.95. The maximum absolute atomic E-state index is 2.51. The van der Waals surface area contributed by atoms with Crippen LogP contribution in [-0.4, -0.2) is 0 Å². The van der Waals surface area contributed by atoms with Gasteiger partial charge in [-0.05, 0) is 92.0 Å². The van der Waals surface area contributed by atoms with Gasteiger partial charge in [-0.2, -0.15) is 0 Å². The third-order valence-corrected chi connectivity index (χ3v) is 10.6. The molecule has 1 nitrogen and oxygen atoms in total. The molecule has 0 saturated carbocycles. The number of fused-ring (bicyclic) bond motifs is 1. The van der Waals surface area contributed by atoms with Gasteiger partial charge in [0.2, 0.25) is 0 Å². The third-order valence-electron chi connectivity index (χ3n) is 10.6. The van der Waals surface area contributed by atoms with Crippen molar-refractivity contribution >= 4 is 22.1 Å². The Labute approximate surface area is 312 Å². The van der Waals surface area contributed by atoms with Crippen molar-refractivity contribution in [2.45, 2.75) is 11.8 Å². The van der Waals surface area contributed by atoms with Gasteiger partial charge in [0.1, 0.15) is 0 Å². The molecule has 0 saturated heterocycles. The van der Waals surface area contributed by atoms with E-state index in [0.29, 0.717) is 0 Å². The molecule has 1 aliphatic carbocycles. The number of nitrogens with zero attached hydrogens (tertiary/aromatic N) is 1. The number of rotatable bonds is 8. The molecular formula is C52H39N. The summed E-state index contributed by atoms with van der Waals surface area (Å²) in [6, 6.07) is 74.6. The molecule has 1 heteroatoms. The highest BCUT2D eigenvalue weighted by atomic mass is 15.1. The van der Waals surface area contributed by atoms with Crippen molar-refractivity contribution in [2.75, 3.05) is 4.90 Å². The van der Waals surface area contributed by atoms with Gasteiger partial charge in [-0.1, -0.05) is 194 Å². The van der Waals surface area contributed by atoms with Gasteiger partial charge in [-0.25, -0.2) is 0 Å². The molecular weight excluding hydrogens is 639 g/mol. The highest BCUT2D eigenvalue weighted by Gasteiger charge is 2.40. The van der Waals surface area contributed by atoms with E-state index in [1.165, 1.54) is 55.3 Å². The normalized spacial score (nSPS) is 15.2. The molecule has 0 amide bonds. The Kier molecular flexibility index (Phi) is 8.60. The molecule has 0 N–H and O–H groups in total. The minimum Gasteiger partial charge on any atom is -0.311 e. The van der Waals surface area contributed by atoms with E-state index in [9.17, 15) is 0 Å². The molecule has 8 aromatic carbocycles. The number of anilines is 2.